The van der Waals surface area contributed by atoms with E-state index in [0.717, 1.165) is 30.6 Å². The first-order chi connectivity index (χ1) is 15.1. The van der Waals surface area contributed by atoms with Gasteiger partial charge in [-0.2, -0.15) is 0 Å². The highest BCUT2D eigenvalue weighted by Crippen LogP contribution is 2.34. The predicted octanol–water partition coefficient (Wildman–Crippen LogP) is 4.71. The molecule has 1 aliphatic heterocycles. The molecule has 2 fully saturated rings. The minimum atomic E-state index is -0.0639. The lowest BCUT2D eigenvalue weighted by Gasteiger charge is -2.20. The maximum Gasteiger partial charge on any atom is 0.227 e. The molecule has 2 aromatic rings. The molecule has 1 aliphatic carbocycles. The van der Waals surface area contributed by atoms with Gasteiger partial charge in [0.05, 0.1) is 18.9 Å². The fourth-order valence-electron chi connectivity index (χ4n) is 4.34. The van der Waals surface area contributed by atoms with Crippen LogP contribution in [-0.2, 0) is 16.0 Å². The number of aryl methyl sites for hydroxylation is 1. The molecule has 0 unspecified atom stereocenters. The fourth-order valence-corrected chi connectivity index (χ4v) is 4.34. The van der Waals surface area contributed by atoms with Crippen molar-refractivity contribution >= 4 is 23.2 Å². The molecule has 0 spiro atoms. The third kappa shape index (κ3) is 5.37. The Hall–Kier alpha value is -3.02. The Morgan fingerprint density at radius 3 is 2.71 bits per heavy atom. The summed E-state index contributed by atoms with van der Waals surface area (Å²) in [5, 5.41) is 2.95. The Kier molecular flexibility index (Phi) is 6.75. The number of hydrogen-bond acceptors (Lipinski definition) is 4. The number of ether oxygens (including phenoxy) is 2. The van der Waals surface area contributed by atoms with Crippen LogP contribution in [0.4, 0.5) is 11.4 Å². The average Bonchev–Trinajstić information content (AvgIpc) is 3.44. The average molecular weight is 423 g/mol. The number of nitrogens with one attached hydrogen (secondary N) is 1. The Labute approximate surface area is 183 Å². The van der Waals surface area contributed by atoms with E-state index in [0.29, 0.717) is 49.0 Å². The molecular weight excluding hydrogens is 392 g/mol. The van der Waals surface area contributed by atoms with E-state index in [4.69, 9.17) is 9.47 Å². The molecule has 1 heterocycles. The first-order valence-electron chi connectivity index (χ1n) is 11.2. The molecule has 0 bridgehead atoms. The molecule has 2 aromatic carbocycles. The third-order valence-electron chi connectivity index (χ3n) is 5.97. The van der Waals surface area contributed by atoms with E-state index in [1.807, 2.05) is 30.3 Å². The second-order valence-electron chi connectivity index (χ2n) is 8.26. The SMILES string of the molecule is COc1ccc(NC(=O)CCc2cccc(OC3CCCC3)c2)cc1N1CCCC1=O. The van der Waals surface area contributed by atoms with Gasteiger partial charge < -0.3 is 19.7 Å². The number of rotatable bonds is 8. The number of methoxy groups -OCH3 is 1. The van der Waals surface area contributed by atoms with Crippen molar-refractivity contribution in [3.8, 4) is 11.5 Å². The van der Waals surface area contributed by atoms with Crippen molar-refractivity contribution in [3.63, 3.8) is 0 Å². The summed E-state index contributed by atoms with van der Waals surface area (Å²) < 4.78 is 11.5. The maximum atomic E-state index is 12.5. The molecule has 0 aromatic heterocycles. The van der Waals surface area contributed by atoms with Gasteiger partial charge in [0.15, 0.2) is 0 Å². The van der Waals surface area contributed by atoms with Crippen molar-refractivity contribution < 1.29 is 19.1 Å². The smallest absolute Gasteiger partial charge is 0.227 e. The van der Waals surface area contributed by atoms with Gasteiger partial charge >= 0.3 is 0 Å². The lowest BCUT2D eigenvalue weighted by Crippen LogP contribution is -2.24. The highest BCUT2D eigenvalue weighted by molar-refractivity contribution is 5.98. The molecule has 0 radical (unpaired) electrons. The normalized spacial score (nSPS) is 16.5. The quantitative estimate of drug-likeness (QED) is 0.669. The Balaban J connectivity index is 1.35. The Morgan fingerprint density at radius 2 is 1.97 bits per heavy atom. The fraction of sp³-hybridized carbons (Fsp3) is 0.440. The van der Waals surface area contributed by atoms with Gasteiger partial charge in [-0.1, -0.05) is 12.1 Å². The van der Waals surface area contributed by atoms with Gasteiger partial charge in [-0.25, -0.2) is 0 Å². The molecule has 0 atom stereocenters. The standard InChI is InChI=1S/C25H30N2O4/c1-30-23-13-12-19(17-22(23)27-15-5-10-25(27)29)26-24(28)14-11-18-6-4-9-21(16-18)31-20-7-2-3-8-20/h4,6,9,12-13,16-17,20H,2-3,5,7-8,10-11,14-15H2,1H3,(H,26,28). The summed E-state index contributed by atoms with van der Waals surface area (Å²) in [5.41, 5.74) is 2.46. The van der Waals surface area contributed by atoms with Gasteiger partial charge in [0.25, 0.3) is 0 Å². The molecule has 1 N–H and O–H groups in total. The van der Waals surface area contributed by atoms with Gasteiger partial charge in [0, 0.05) is 25.1 Å². The number of carbonyl (C=O) groups excluding carboxylic acids is 2. The summed E-state index contributed by atoms with van der Waals surface area (Å²) in [6.07, 6.45) is 7.45. The minimum Gasteiger partial charge on any atom is -0.495 e. The molecule has 6 heteroatoms. The third-order valence-corrected chi connectivity index (χ3v) is 5.97. The van der Waals surface area contributed by atoms with Gasteiger partial charge in [-0.05, 0) is 74.4 Å². The minimum absolute atomic E-state index is 0.0639. The van der Waals surface area contributed by atoms with Crippen molar-refractivity contribution in [3.05, 3.63) is 48.0 Å². The molecule has 1 saturated heterocycles. The van der Waals surface area contributed by atoms with Gasteiger partial charge in [0.1, 0.15) is 11.5 Å². The van der Waals surface area contributed by atoms with E-state index in [1.54, 1.807) is 24.1 Å². The highest BCUT2D eigenvalue weighted by Gasteiger charge is 2.25. The van der Waals surface area contributed by atoms with Crippen LogP contribution < -0.4 is 19.7 Å². The molecule has 2 aliphatic rings. The monoisotopic (exact) mass is 422 g/mol. The number of carbonyl (C=O) groups is 2. The summed E-state index contributed by atoms with van der Waals surface area (Å²) in [6.45, 7) is 0.672. The summed E-state index contributed by atoms with van der Waals surface area (Å²) in [5.74, 6) is 1.54. The van der Waals surface area contributed by atoms with Crippen molar-refractivity contribution in [2.24, 2.45) is 0 Å². The zero-order valence-corrected chi connectivity index (χ0v) is 18.1. The van der Waals surface area contributed by atoms with E-state index in [2.05, 4.69) is 5.32 Å². The number of nitrogens with zero attached hydrogens (tertiary/aromatic N) is 1. The van der Waals surface area contributed by atoms with E-state index < -0.39 is 0 Å². The lowest BCUT2D eigenvalue weighted by molar-refractivity contribution is -0.117. The van der Waals surface area contributed by atoms with Crippen LogP contribution in [0.15, 0.2) is 42.5 Å². The van der Waals surface area contributed by atoms with Crippen LogP contribution in [-0.4, -0.2) is 31.6 Å². The first-order valence-corrected chi connectivity index (χ1v) is 11.2. The topological polar surface area (TPSA) is 67.9 Å². The molecular formula is C25H30N2O4. The van der Waals surface area contributed by atoms with Crippen LogP contribution in [0.2, 0.25) is 0 Å². The molecule has 164 valence electrons. The van der Waals surface area contributed by atoms with E-state index in [1.165, 1.54) is 12.8 Å². The summed E-state index contributed by atoms with van der Waals surface area (Å²) in [4.78, 5) is 26.4. The number of benzene rings is 2. The summed E-state index contributed by atoms with van der Waals surface area (Å²) in [6, 6.07) is 13.4. The van der Waals surface area contributed by atoms with Crippen molar-refractivity contribution in [1.29, 1.82) is 0 Å². The largest absolute Gasteiger partial charge is 0.495 e. The maximum absolute atomic E-state index is 12.5. The first kappa shape index (κ1) is 21.2. The van der Waals surface area contributed by atoms with Crippen molar-refractivity contribution in [2.75, 3.05) is 23.9 Å². The number of amides is 2. The van der Waals surface area contributed by atoms with Gasteiger partial charge in [-0.3, -0.25) is 9.59 Å². The van der Waals surface area contributed by atoms with E-state index in [9.17, 15) is 9.59 Å². The molecule has 4 rings (SSSR count). The zero-order chi connectivity index (χ0) is 21.6. The predicted molar refractivity (Wildman–Crippen MR) is 121 cm³/mol. The number of anilines is 2. The molecule has 31 heavy (non-hydrogen) atoms. The van der Waals surface area contributed by atoms with E-state index >= 15 is 0 Å². The second kappa shape index (κ2) is 9.86. The van der Waals surface area contributed by atoms with Crippen LogP contribution in [0.5, 0.6) is 11.5 Å². The van der Waals surface area contributed by atoms with Crippen LogP contribution in [0.25, 0.3) is 0 Å². The zero-order valence-electron chi connectivity index (χ0n) is 18.1. The Bertz CT molecular complexity index is 937. The second-order valence-corrected chi connectivity index (χ2v) is 8.26. The van der Waals surface area contributed by atoms with E-state index in [-0.39, 0.29) is 11.8 Å². The summed E-state index contributed by atoms with van der Waals surface area (Å²) >= 11 is 0. The Morgan fingerprint density at radius 1 is 1.13 bits per heavy atom. The molecule has 1 saturated carbocycles. The summed E-state index contributed by atoms with van der Waals surface area (Å²) in [7, 11) is 1.59. The van der Waals surface area contributed by atoms with Crippen LogP contribution in [0.1, 0.15) is 50.5 Å². The van der Waals surface area contributed by atoms with Crippen LogP contribution in [0.3, 0.4) is 0 Å². The lowest BCUT2D eigenvalue weighted by atomic mass is 10.1. The highest BCUT2D eigenvalue weighted by atomic mass is 16.5. The van der Waals surface area contributed by atoms with Gasteiger partial charge in [-0.15, -0.1) is 0 Å². The van der Waals surface area contributed by atoms with Crippen LogP contribution in [0, 0.1) is 0 Å². The molecule has 2 amide bonds. The van der Waals surface area contributed by atoms with Crippen molar-refractivity contribution in [2.45, 2.75) is 57.5 Å². The van der Waals surface area contributed by atoms with Crippen molar-refractivity contribution in [1.82, 2.24) is 0 Å². The van der Waals surface area contributed by atoms with Gasteiger partial charge in [0.2, 0.25) is 11.8 Å². The van der Waals surface area contributed by atoms with Crippen LogP contribution >= 0.6 is 0 Å². The number of hydrogen-bond donors (Lipinski definition) is 1. The molecule has 6 nitrogen and oxygen atoms in total.